The third-order valence-corrected chi connectivity index (χ3v) is 3.29. The largest absolute Gasteiger partial charge is 0.0625 e. The first-order valence-corrected chi connectivity index (χ1v) is 5.79. The molecule has 1 saturated carbocycles. The fraction of sp³-hybridized carbons (Fsp3) is 1.00. The van der Waals surface area contributed by atoms with Crippen molar-refractivity contribution in [2.24, 2.45) is 11.8 Å². The van der Waals surface area contributed by atoms with E-state index in [1.165, 1.54) is 51.4 Å². The van der Waals surface area contributed by atoms with E-state index in [1.54, 1.807) is 0 Å². The van der Waals surface area contributed by atoms with Crippen molar-refractivity contribution in [3.63, 3.8) is 0 Å². The fourth-order valence-corrected chi connectivity index (χ4v) is 2.26. The average Bonchev–Trinajstić information content (AvgIpc) is 2.06. The van der Waals surface area contributed by atoms with Crippen molar-refractivity contribution in [3.05, 3.63) is 0 Å². The maximum absolute atomic E-state index is 2.42. The van der Waals surface area contributed by atoms with Crippen molar-refractivity contribution in [2.75, 3.05) is 0 Å². The van der Waals surface area contributed by atoms with E-state index >= 15 is 0 Å². The van der Waals surface area contributed by atoms with Crippen LogP contribution < -0.4 is 0 Å². The van der Waals surface area contributed by atoms with Gasteiger partial charge in [0.1, 0.15) is 0 Å². The van der Waals surface area contributed by atoms with E-state index < -0.39 is 0 Å². The van der Waals surface area contributed by atoms with Crippen LogP contribution in [0.5, 0.6) is 0 Å². The number of hydrogen-bond acceptors (Lipinski definition) is 0. The molecule has 0 aromatic rings. The maximum Gasteiger partial charge on any atom is -0.0443 e. The Kier molecular flexibility index (Phi) is 4.72. The van der Waals surface area contributed by atoms with Gasteiger partial charge in [-0.15, -0.1) is 0 Å². The molecule has 0 bridgehead atoms. The van der Waals surface area contributed by atoms with Crippen LogP contribution in [0, 0.1) is 11.8 Å². The summed E-state index contributed by atoms with van der Waals surface area (Å²) in [6.45, 7) is 4.84. The Hall–Kier alpha value is 0. The SMILES string of the molecule is CC1CCCCC(C)CCCC1. The van der Waals surface area contributed by atoms with Gasteiger partial charge in [0.2, 0.25) is 0 Å². The molecule has 1 aliphatic rings. The smallest absolute Gasteiger partial charge is 0.0443 e. The molecule has 1 fully saturated rings. The van der Waals surface area contributed by atoms with Crippen LogP contribution in [0.15, 0.2) is 0 Å². The average molecular weight is 168 g/mol. The lowest BCUT2D eigenvalue weighted by atomic mass is 9.90. The summed E-state index contributed by atoms with van der Waals surface area (Å²) >= 11 is 0. The van der Waals surface area contributed by atoms with Gasteiger partial charge in [0.15, 0.2) is 0 Å². The molecule has 0 nitrogen and oxygen atoms in total. The summed E-state index contributed by atoms with van der Waals surface area (Å²) in [6, 6.07) is 0. The van der Waals surface area contributed by atoms with E-state index in [0.717, 1.165) is 11.8 Å². The van der Waals surface area contributed by atoms with Gasteiger partial charge in [-0.2, -0.15) is 0 Å². The molecule has 0 saturated heterocycles. The molecule has 0 heteroatoms. The number of hydrogen-bond donors (Lipinski definition) is 0. The Morgan fingerprint density at radius 3 is 1.08 bits per heavy atom. The Labute approximate surface area is 77.7 Å². The summed E-state index contributed by atoms with van der Waals surface area (Å²) in [7, 11) is 0. The van der Waals surface area contributed by atoms with Crippen LogP contribution >= 0.6 is 0 Å². The monoisotopic (exact) mass is 168 g/mol. The highest BCUT2D eigenvalue weighted by Gasteiger charge is 2.07. The lowest BCUT2D eigenvalue weighted by Gasteiger charge is -2.16. The second-order valence-corrected chi connectivity index (χ2v) is 4.78. The molecule has 0 amide bonds. The summed E-state index contributed by atoms with van der Waals surface area (Å²) in [5.41, 5.74) is 0. The summed E-state index contributed by atoms with van der Waals surface area (Å²) in [5, 5.41) is 0. The van der Waals surface area contributed by atoms with Gasteiger partial charge in [-0.1, -0.05) is 65.2 Å². The van der Waals surface area contributed by atoms with Gasteiger partial charge in [-0.3, -0.25) is 0 Å². The molecule has 12 heavy (non-hydrogen) atoms. The van der Waals surface area contributed by atoms with E-state index in [9.17, 15) is 0 Å². The lowest BCUT2D eigenvalue weighted by Crippen LogP contribution is -2.01. The first kappa shape index (κ1) is 10.1. The molecular weight excluding hydrogens is 144 g/mol. The molecular formula is C12H24. The predicted octanol–water partition coefficient (Wildman–Crippen LogP) is 4.39. The van der Waals surface area contributed by atoms with Gasteiger partial charge in [0.25, 0.3) is 0 Å². The molecule has 0 aromatic carbocycles. The van der Waals surface area contributed by atoms with Crippen LogP contribution in [-0.2, 0) is 0 Å². The molecule has 0 unspecified atom stereocenters. The minimum atomic E-state index is 0.999. The Balaban J connectivity index is 2.20. The standard InChI is InChI=1S/C12H24/c1-11-7-3-5-9-12(2)10-6-4-8-11/h11-12H,3-10H2,1-2H3. The quantitative estimate of drug-likeness (QED) is 0.503. The normalized spacial score (nSPS) is 34.5. The second kappa shape index (κ2) is 5.61. The summed E-state index contributed by atoms with van der Waals surface area (Å²) in [4.78, 5) is 0. The Bertz CT molecular complexity index is 80.6. The third-order valence-electron chi connectivity index (χ3n) is 3.29. The summed E-state index contributed by atoms with van der Waals surface area (Å²) in [6.07, 6.45) is 11.8. The van der Waals surface area contributed by atoms with Crippen molar-refractivity contribution < 1.29 is 0 Å². The molecule has 72 valence electrons. The minimum absolute atomic E-state index is 0.999. The predicted molar refractivity (Wildman–Crippen MR) is 55.3 cm³/mol. The molecule has 0 aliphatic heterocycles. The Morgan fingerprint density at radius 1 is 0.583 bits per heavy atom. The van der Waals surface area contributed by atoms with Crippen LogP contribution in [0.4, 0.5) is 0 Å². The van der Waals surface area contributed by atoms with Gasteiger partial charge in [0.05, 0.1) is 0 Å². The van der Waals surface area contributed by atoms with Gasteiger partial charge in [0, 0.05) is 0 Å². The second-order valence-electron chi connectivity index (χ2n) is 4.78. The van der Waals surface area contributed by atoms with Crippen LogP contribution in [0.3, 0.4) is 0 Å². The van der Waals surface area contributed by atoms with E-state index in [1.807, 2.05) is 0 Å². The van der Waals surface area contributed by atoms with Crippen LogP contribution in [0.2, 0.25) is 0 Å². The molecule has 0 radical (unpaired) electrons. The van der Waals surface area contributed by atoms with Crippen molar-refractivity contribution in [2.45, 2.75) is 65.2 Å². The molecule has 1 rings (SSSR count). The number of rotatable bonds is 0. The van der Waals surface area contributed by atoms with Gasteiger partial charge < -0.3 is 0 Å². The van der Waals surface area contributed by atoms with Crippen LogP contribution in [-0.4, -0.2) is 0 Å². The van der Waals surface area contributed by atoms with Gasteiger partial charge in [-0.05, 0) is 11.8 Å². The Morgan fingerprint density at radius 2 is 0.833 bits per heavy atom. The lowest BCUT2D eigenvalue weighted by molar-refractivity contribution is 0.370. The molecule has 0 atom stereocenters. The van der Waals surface area contributed by atoms with Crippen molar-refractivity contribution in [3.8, 4) is 0 Å². The summed E-state index contributed by atoms with van der Waals surface area (Å²) in [5.74, 6) is 2.00. The van der Waals surface area contributed by atoms with Crippen LogP contribution in [0.25, 0.3) is 0 Å². The van der Waals surface area contributed by atoms with E-state index in [4.69, 9.17) is 0 Å². The molecule has 1 aliphatic carbocycles. The third kappa shape index (κ3) is 4.13. The zero-order valence-corrected chi connectivity index (χ0v) is 8.81. The first-order chi connectivity index (χ1) is 5.79. The maximum atomic E-state index is 2.42. The highest BCUT2D eigenvalue weighted by Crippen LogP contribution is 2.23. The zero-order valence-electron chi connectivity index (χ0n) is 8.81. The highest BCUT2D eigenvalue weighted by molar-refractivity contribution is 4.61. The van der Waals surface area contributed by atoms with Crippen molar-refractivity contribution >= 4 is 0 Å². The fourth-order valence-electron chi connectivity index (χ4n) is 2.26. The van der Waals surface area contributed by atoms with Gasteiger partial charge >= 0.3 is 0 Å². The molecule has 0 heterocycles. The topological polar surface area (TPSA) is 0 Å². The van der Waals surface area contributed by atoms with Crippen molar-refractivity contribution in [1.82, 2.24) is 0 Å². The molecule has 0 spiro atoms. The first-order valence-electron chi connectivity index (χ1n) is 5.79. The van der Waals surface area contributed by atoms with E-state index in [0.29, 0.717) is 0 Å². The summed E-state index contributed by atoms with van der Waals surface area (Å²) < 4.78 is 0. The molecule has 0 aromatic heterocycles. The molecule has 0 N–H and O–H groups in total. The van der Waals surface area contributed by atoms with Crippen molar-refractivity contribution in [1.29, 1.82) is 0 Å². The zero-order chi connectivity index (χ0) is 8.81. The van der Waals surface area contributed by atoms with Crippen LogP contribution in [0.1, 0.15) is 65.2 Å². The minimum Gasteiger partial charge on any atom is -0.0625 e. The van der Waals surface area contributed by atoms with E-state index in [-0.39, 0.29) is 0 Å². The highest BCUT2D eigenvalue weighted by atomic mass is 14.1. The van der Waals surface area contributed by atoms with Gasteiger partial charge in [-0.25, -0.2) is 0 Å². The van der Waals surface area contributed by atoms with E-state index in [2.05, 4.69) is 13.8 Å².